The zero-order chi connectivity index (χ0) is 13.8. The van der Waals surface area contributed by atoms with E-state index in [1.807, 2.05) is 0 Å². The topological polar surface area (TPSA) is 66.4 Å². The Balaban J connectivity index is 2.31. The quantitative estimate of drug-likeness (QED) is 0.865. The Kier molecular flexibility index (Phi) is 4.47. The highest BCUT2D eigenvalue weighted by Gasteiger charge is 2.28. The van der Waals surface area contributed by atoms with Crippen molar-refractivity contribution >= 4 is 0 Å². The van der Waals surface area contributed by atoms with Crippen molar-refractivity contribution in [1.82, 2.24) is 0 Å². The third-order valence-electron chi connectivity index (χ3n) is 2.91. The fraction of sp³-hybridized carbons (Fsp3) is 0.538. The Morgan fingerprint density at radius 2 is 1.79 bits per heavy atom. The van der Waals surface area contributed by atoms with Gasteiger partial charge in [-0.1, -0.05) is 0 Å². The SMILES string of the molecule is COc1cc(C2OCC(CO)O2)cc(OC)c1OC. The van der Waals surface area contributed by atoms with Crippen LogP contribution in [0.1, 0.15) is 11.9 Å². The van der Waals surface area contributed by atoms with E-state index in [2.05, 4.69) is 0 Å². The van der Waals surface area contributed by atoms with Crippen LogP contribution in [0.3, 0.4) is 0 Å². The van der Waals surface area contributed by atoms with Crippen LogP contribution in [-0.2, 0) is 9.47 Å². The molecule has 6 heteroatoms. The molecule has 2 rings (SSSR count). The first-order chi connectivity index (χ1) is 9.23. The Hall–Kier alpha value is -1.50. The summed E-state index contributed by atoms with van der Waals surface area (Å²) in [6.07, 6.45) is -0.838. The maximum atomic E-state index is 9.04. The van der Waals surface area contributed by atoms with Gasteiger partial charge in [-0.15, -0.1) is 0 Å². The Morgan fingerprint density at radius 1 is 1.16 bits per heavy atom. The molecule has 1 aromatic rings. The third kappa shape index (κ3) is 2.75. The lowest BCUT2D eigenvalue weighted by molar-refractivity contribution is -0.0677. The van der Waals surface area contributed by atoms with Gasteiger partial charge in [-0.05, 0) is 12.1 Å². The highest BCUT2D eigenvalue weighted by atomic mass is 16.7. The smallest absolute Gasteiger partial charge is 0.203 e. The predicted molar refractivity (Wildman–Crippen MR) is 66.7 cm³/mol. The minimum absolute atomic E-state index is 0.0685. The number of ether oxygens (including phenoxy) is 5. The molecule has 2 atom stereocenters. The van der Waals surface area contributed by atoms with Gasteiger partial charge in [-0.25, -0.2) is 0 Å². The second-order valence-corrected chi connectivity index (χ2v) is 4.06. The molecule has 0 aliphatic carbocycles. The van der Waals surface area contributed by atoms with Gasteiger partial charge in [0.15, 0.2) is 17.8 Å². The lowest BCUT2D eigenvalue weighted by Gasteiger charge is -2.16. The van der Waals surface area contributed by atoms with E-state index in [1.54, 1.807) is 33.5 Å². The second-order valence-electron chi connectivity index (χ2n) is 4.06. The predicted octanol–water partition coefficient (Wildman–Crippen LogP) is 1.12. The van der Waals surface area contributed by atoms with E-state index in [9.17, 15) is 0 Å². The van der Waals surface area contributed by atoms with Crippen molar-refractivity contribution < 1.29 is 28.8 Å². The molecule has 0 amide bonds. The monoisotopic (exact) mass is 270 g/mol. The fourth-order valence-corrected chi connectivity index (χ4v) is 1.96. The molecule has 1 fully saturated rings. The van der Waals surface area contributed by atoms with E-state index >= 15 is 0 Å². The Morgan fingerprint density at radius 3 is 2.21 bits per heavy atom. The van der Waals surface area contributed by atoms with E-state index in [1.165, 1.54) is 0 Å². The summed E-state index contributed by atoms with van der Waals surface area (Å²) in [7, 11) is 4.65. The van der Waals surface area contributed by atoms with Crippen molar-refractivity contribution in [2.24, 2.45) is 0 Å². The summed E-state index contributed by atoms with van der Waals surface area (Å²) in [6, 6.07) is 3.54. The second kappa shape index (κ2) is 6.10. The summed E-state index contributed by atoms with van der Waals surface area (Å²) in [5, 5.41) is 9.04. The molecular weight excluding hydrogens is 252 g/mol. The number of aliphatic hydroxyl groups excluding tert-OH is 1. The number of benzene rings is 1. The minimum Gasteiger partial charge on any atom is -0.493 e. The normalized spacial score (nSPS) is 22.3. The molecule has 106 valence electrons. The van der Waals surface area contributed by atoms with Crippen molar-refractivity contribution in [2.75, 3.05) is 34.5 Å². The number of hydrogen-bond acceptors (Lipinski definition) is 6. The maximum absolute atomic E-state index is 9.04. The van der Waals surface area contributed by atoms with Crippen LogP contribution in [0.15, 0.2) is 12.1 Å². The van der Waals surface area contributed by atoms with E-state index in [0.717, 1.165) is 5.56 Å². The van der Waals surface area contributed by atoms with Gasteiger partial charge in [-0.2, -0.15) is 0 Å². The number of hydrogen-bond donors (Lipinski definition) is 1. The molecule has 2 unspecified atom stereocenters. The summed E-state index contributed by atoms with van der Waals surface area (Å²) in [6.45, 7) is 0.290. The molecule has 6 nitrogen and oxygen atoms in total. The van der Waals surface area contributed by atoms with E-state index in [0.29, 0.717) is 23.9 Å². The van der Waals surface area contributed by atoms with Gasteiger partial charge in [0, 0.05) is 5.56 Å². The van der Waals surface area contributed by atoms with Crippen molar-refractivity contribution in [3.63, 3.8) is 0 Å². The standard InChI is InChI=1S/C13H18O6/c1-15-10-4-8(5-11(16-2)12(10)17-3)13-18-7-9(6-14)19-13/h4-5,9,13-14H,6-7H2,1-3H3. The maximum Gasteiger partial charge on any atom is 0.203 e. The Labute approximate surface area is 111 Å². The van der Waals surface area contributed by atoms with Crippen LogP contribution >= 0.6 is 0 Å². The molecule has 0 radical (unpaired) electrons. The third-order valence-corrected chi connectivity index (χ3v) is 2.91. The summed E-state index contributed by atoms with van der Waals surface area (Å²) in [5.74, 6) is 1.60. The Bertz CT molecular complexity index is 408. The van der Waals surface area contributed by atoms with Gasteiger partial charge < -0.3 is 28.8 Å². The van der Waals surface area contributed by atoms with E-state index in [-0.39, 0.29) is 12.7 Å². The van der Waals surface area contributed by atoms with Crippen LogP contribution in [0.25, 0.3) is 0 Å². The van der Waals surface area contributed by atoms with Gasteiger partial charge in [0.25, 0.3) is 0 Å². The molecule has 19 heavy (non-hydrogen) atoms. The van der Waals surface area contributed by atoms with Crippen LogP contribution < -0.4 is 14.2 Å². The average Bonchev–Trinajstić information content (AvgIpc) is 2.94. The molecular formula is C13H18O6. The summed E-state index contributed by atoms with van der Waals surface area (Å²) in [5.41, 5.74) is 0.755. The van der Waals surface area contributed by atoms with Crippen molar-refractivity contribution in [3.8, 4) is 17.2 Å². The number of aliphatic hydroxyl groups is 1. The molecule has 0 aromatic heterocycles. The largest absolute Gasteiger partial charge is 0.493 e. The lowest BCUT2D eigenvalue weighted by Crippen LogP contribution is -2.14. The highest BCUT2D eigenvalue weighted by Crippen LogP contribution is 2.41. The van der Waals surface area contributed by atoms with Gasteiger partial charge in [0.2, 0.25) is 5.75 Å². The molecule has 1 saturated heterocycles. The lowest BCUT2D eigenvalue weighted by atomic mass is 10.1. The van der Waals surface area contributed by atoms with Crippen LogP contribution in [-0.4, -0.2) is 45.8 Å². The first-order valence-electron chi connectivity index (χ1n) is 5.91. The average molecular weight is 270 g/mol. The van der Waals surface area contributed by atoms with Crippen LogP contribution in [0.2, 0.25) is 0 Å². The van der Waals surface area contributed by atoms with Crippen LogP contribution in [0.5, 0.6) is 17.2 Å². The van der Waals surface area contributed by atoms with Gasteiger partial charge >= 0.3 is 0 Å². The molecule has 1 N–H and O–H groups in total. The number of rotatable bonds is 5. The summed E-state index contributed by atoms with van der Waals surface area (Å²) in [4.78, 5) is 0. The summed E-state index contributed by atoms with van der Waals surface area (Å²) >= 11 is 0. The number of methoxy groups -OCH3 is 3. The van der Waals surface area contributed by atoms with Crippen LogP contribution in [0.4, 0.5) is 0 Å². The van der Waals surface area contributed by atoms with E-state index < -0.39 is 6.29 Å². The van der Waals surface area contributed by atoms with Gasteiger partial charge in [-0.3, -0.25) is 0 Å². The first-order valence-corrected chi connectivity index (χ1v) is 5.91. The van der Waals surface area contributed by atoms with Crippen molar-refractivity contribution in [2.45, 2.75) is 12.4 Å². The van der Waals surface area contributed by atoms with Crippen molar-refractivity contribution in [1.29, 1.82) is 0 Å². The minimum atomic E-state index is -0.536. The fourth-order valence-electron chi connectivity index (χ4n) is 1.96. The molecule has 1 aliphatic heterocycles. The molecule has 1 heterocycles. The molecule has 0 saturated carbocycles. The summed E-state index contributed by atoms with van der Waals surface area (Å²) < 4.78 is 26.8. The molecule has 1 aliphatic rings. The van der Waals surface area contributed by atoms with Crippen molar-refractivity contribution in [3.05, 3.63) is 17.7 Å². The van der Waals surface area contributed by atoms with Gasteiger partial charge in [0.1, 0.15) is 6.10 Å². The first kappa shape index (κ1) is 13.9. The van der Waals surface area contributed by atoms with Gasteiger partial charge in [0.05, 0.1) is 34.5 Å². The molecule has 0 bridgehead atoms. The zero-order valence-corrected chi connectivity index (χ0v) is 11.2. The molecule has 0 spiro atoms. The molecule has 1 aromatic carbocycles. The zero-order valence-electron chi connectivity index (χ0n) is 11.2. The van der Waals surface area contributed by atoms with Crippen LogP contribution in [0, 0.1) is 0 Å². The van der Waals surface area contributed by atoms with E-state index in [4.69, 9.17) is 28.8 Å². The highest BCUT2D eigenvalue weighted by molar-refractivity contribution is 5.54.